The van der Waals surface area contributed by atoms with Gasteiger partial charge in [0.05, 0.1) is 11.1 Å². The number of H-pyrrole nitrogens is 2. The number of nitrogens with zero attached hydrogens (tertiary/aromatic N) is 3. The second-order valence-corrected chi connectivity index (χ2v) is 9.53. The topological polar surface area (TPSA) is 68.0 Å². The third kappa shape index (κ3) is 2.95. The Morgan fingerprint density at radius 3 is 2.65 bits per heavy atom. The highest BCUT2D eigenvalue weighted by molar-refractivity contribution is 6.10. The summed E-state index contributed by atoms with van der Waals surface area (Å²) in [4.78, 5) is 21.4. The molecule has 2 N–H and O–H groups in total. The van der Waals surface area contributed by atoms with Gasteiger partial charge in [-0.1, -0.05) is 13.8 Å². The molecule has 0 saturated heterocycles. The molecule has 2 aliphatic rings. The number of anilines is 1. The lowest BCUT2D eigenvalue weighted by molar-refractivity contribution is -0.122. The standard InChI is InChI=1S/C25H33N5O/c1-6-29(7-2)11-12-30-21-13-18-17-10-8-9-16-15(3)27-28-23(16)22(17)26-20(18)14-19(21)25(4,5)24(30)31/h13-14,26H,6-12H2,1-5H3,(H,27,28). The summed E-state index contributed by atoms with van der Waals surface area (Å²) in [5.74, 6) is 0.207. The lowest BCUT2D eigenvalue weighted by Crippen LogP contribution is -2.41. The normalized spacial score (nSPS) is 17.2. The fourth-order valence-corrected chi connectivity index (χ4v) is 5.44. The number of carbonyl (C=O) groups excluding carboxylic acids is 1. The van der Waals surface area contributed by atoms with Crippen LogP contribution < -0.4 is 4.90 Å². The van der Waals surface area contributed by atoms with Crippen molar-refractivity contribution in [3.63, 3.8) is 0 Å². The van der Waals surface area contributed by atoms with Crippen LogP contribution in [0.1, 0.15) is 56.5 Å². The van der Waals surface area contributed by atoms with Crippen molar-refractivity contribution in [1.82, 2.24) is 20.1 Å². The number of fused-ring (bicyclic) bond motifs is 6. The number of nitrogens with one attached hydrogen (secondary N) is 2. The van der Waals surface area contributed by atoms with Gasteiger partial charge >= 0.3 is 0 Å². The van der Waals surface area contributed by atoms with Crippen molar-refractivity contribution in [1.29, 1.82) is 0 Å². The third-order valence-electron chi connectivity index (χ3n) is 7.46. The molecule has 6 heteroatoms. The number of rotatable bonds is 5. The molecule has 0 fully saturated rings. The predicted octanol–water partition coefficient (Wildman–Crippen LogP) is 4.32. The van der Waals surface area contributed by atoms with E-state index in [1.165, 1.54) is 22.2 Å². The van der Waals surface area contributed by atoms with Crippen LogP contribution in [0.15, 0.2) is 12.1 Å². The molecule has 0 spiro atoms. The van der Waals surface area contributed by atoms with Crippen LogP contribution in [0, 0.1) is 6.92 Å². The highest BCUT2D eigenvalue weighted by Crippen LogP contribution is 2.46. The van der Waals surface area contributed by atoms with E-state index >= 15 is 0 Å². The molecule has 2 aromatic heterocycles. The molecule has 0 saturated carbocycles. The van der Waals surface area contributed by atoms with Gasteiger partial charge in [-0.05, 0) is 76.4 Å². The Bertz CT molecular complexity index is 1160. The first-order valence-corrected chi connectivity index (χ1v) is 11.6. The Kier molecular flexibility index (Phi) is 4.74. The zero-order chi connectivity index (χ0) is 21.9. The molecule has 0 radical (unpaired) electrons. The highest BCUT2D eigenvalue weighted by atomic mass is 16.2. The molecule has 0 bridgehead atoms. The van der Waals surface area contributed by atoms with Gasteiger partial charge in [-0.3, -0.25) is 9.89 Å². The maximum atomic E-state index is 13.4. The van der Waals surface area contributed by atoms with Crippen molar-refractivity contribution in [2.24, 2.45) is 0 Å². The Balaban J connectivity index is 1.63. The molecule has 1 aliphatic carbocycles. The van der Waals surface area contributed by atoms with Gasteiger partial charge in [0.2, 0.25) is 5.91 Å². The molecule has 31 heavy (non-hydrogen) atoms. The number of benzene rings is 1. The molecule has 5 rings (SSSR count). The molecule has 164 valence electrons. The molecule has 6 nitrogen and oxygen atoms in total. The monoisotopic (exact) mass is 419 g/mol. The lowest BCUT2D eigenvalue weighted by atomic mass is 9.85. The molecule has 3 aromatic rings. The van der Waals surface area contributed by atoms with Crippen molar-refractivity contribution in [3.05, 3.63) is 34.5 Å². The second kappa shape index (κ2) is 7.23. The SMILES string of the molecule is CCN(CC)CCN1C(=O)C(C)(C)c2cc3[nH]c4c(c3cc21)CCCc1c-4n[nH]c1C. The van der Waals surface area contributed by atoms with Crippen molar-refractivity contribution >= 4 is 22.5 Å². The number of likely N-dealkylation sites (N-methyl/N-ethyl adjacent to an activating group) is 1. The Morgan fingerprint density at radius 2 is 1.90 bits per heavy atom. The van der Waals surface area contributed by atoms with E-state index in [1.54, 1.807) is 0 Å². The van der Waals surface area contributed by atoms with Crippen LogP contribution in [0.4, 0.5) is 5.69 Å². The average molecular weight is 420 g/mol. The first kappa shape index (κ1) is 20.3. The quantitative estimate of drug-likeness (QED) is 0.647. The van der Waals surface area contributed by atoms with E-state index in [-0.39, 0.29) is 5.91 Å². The second-order valence-electron chi connectivity index (χ2n) is 9.53. The van der Waals surface area contributed by atoms with Crippen LogP contribution in [0.3, 0.4) is 0 Å². The predicted molar refractivity (Wildman–Crippen MR) is 126 cm³/mol. The first-order valence-electron chi connectivity index (χ1n) is 11.6. The minimum atomic E-state index is -0.511. The Morgan fingerprint density at radius 1 is 1.16 bits per heavy atom. The number of aromatic amines is 2. The van der Waals surface area contributed by atoms with Crippen LogP contribution >= 0.6 is 0 Å². The van der Waals surface area contributed by atoms with Gasteiger partial charge in [0.1, 0.15) is 5.69 Å². The van der Waals surface area contributed by atoms with Gasteiger partial charge in [0.25, 0.3) is 0 Å². The van der Waals surface area contributed by atoms with E-state index in [2.05, 4.69) is 66.8 Å². The zero-order valence-corrected chi connectivity index (χ0v) is 19.4. The van der Waals surface area contributed by atoms with E-state index in [0.717, 1.165) is 73.6 Å². The third-order valence-corrected chi connectivity index (χ3v) is 7.46. The number of hydrogen-bond donors (Lipinski definition) is 2. The highest BCUT2D eigenvalue weighted by Gasteiger charge is 2.44. The first-order chi connectivity index (χ1) is 14.9. The smallest absolute Gasteiger partial charge is 0.237 e. The maximum absolute atomic E-state index is 13.4. The number of aromatic nitrogens is 3. The number of amides is 1. The molecular weight excluding hydrogens is 386 g/mol. The van der Waals surface area contributed by atoms with Gasteiger partial charge < -0.3 is 14.8 Å². The fraction of sp³-hybridized carbons (Fsp3) is 0.520. The van der Waals surface area contributed by atoms with E-state index in [9.17, 15) is 4.79 Å². The van der Waals surface area contributed by atoms with E-state index in [1.807, 2.05) is 4.90 Å². The fourth-order valence-electron chi connectivity index (χ4n) is 5.44. The van der Waals surface area contributed by atoms with E-state index in [4.69, 9.17) is 0 Å². The van der Waals surface area contributed by atoms with E-state index in [0.29, 0.717) is 0 Å². The van der Waals surface area contributed by atoms with Gasteiger partial charge in [0, 0.05) is 40.9 Å². The molecule has 1 aliphatic heterocycles. The molecule has 3 heterocycles. The van der Waals surface area contributed by atoms with Crippen LogP contribution in [0.25, 0.3) is 22.3 Å². The van der Waals surface area contributed by atoms with Crippen LogP contribution in [0.5, 0.6) is 0 Å². The Labute approximate surface area is 184 Å². The number of carbonyl (C=O) groups is 1. The summed E-state index contributed by atoms with van der Waals surface area (Å²) in [5, 5.41) is 9.04. The van der Waals surface area contributed by atoms with Crippen molar-refractivity contribution < 1.29 is 4.79 Å². The summed E-state index contributed by atoms with van der Waals surface area (Å²) < 4.78 is 0. The average Bonchev–Trinajstić information content (AvgIpc) is 3.30. The molecule has 0 atom stereocenters. The van der Waals surface area contributed by atoms with E-state index < -0.39 is 5.41 Å². The summed E-state index contributed by atoms with van der Waals surface area (Å²) in [6.45, 7) is 14.2. The minimum Gasteiger partial charge on any atom is -0.353 e. The van der Waals surface area contributed by atoms with Crippen LogP contribution in [-0.2, 0) is 23.1 Å². The lowest BCUT2D eigenvalue weighted by Gasteiger charge is -2.24. The minimum absolute atomic E-state index is 0.207. The van der Waals surface area contributed by atoms with Gasteiger partial charge in [-0.25, -0.2) is 0 Å². The zero-order valence-electron chi connectivity index (χ0n) is 19.4. The van der Waals surface area contributed by atoms with Crippen LogP contribution in [0.2, 0.25) is 0 Å². The maximum Gasteiger partial charge on any atom is 0.237 e. The number of aryl methyl sites for hydroxylation is 2. The van der Waals surface area contributed by atoms with Crippen LogP contribution in [-0.4, -0.2) is 52.2 Å². The van der Waals surface area contributed by atoms with Gasteiger partial charge in [-0.2, -0.15) is 5.10 Å². The van der Waals surface area contributed by atoms with Crippen molar-refractivity contribution in [3.8, 4) is 11.4 Å². The summed E-state index contributed by atoms with van der Waals surface area (Å²) in [5.41, 5.74) is 8.85. The summed E-state index contributed by atoms with van der Waals surface area (Å²) >= 11 is 0. The molecule has 1 aromatic carbocycles. The van der Waals surface area contributed by atoms with Crippen molar-refractivity contribution in [2.75, 3.05) is 31.1 Å². The Hall–Kier alpha value is -2.60. The number of hydrogen-bond acceptors (Lipinski definition) is 3. The summed E-state index contributed by atoms with van der Waals surface area (Å²) in [6.07, 6.45) is 3.19. The largest absolute Gasteiger partial charge is 0.353 e. The molecular formula is C25H33N5O. The van der Waals surface area contributed by atoms with Gasteiger partial charge in [-0.15, -0.1) is 0 Å². The molecule has 1 amide bonds. The molecule has 0 unspecified atom stereocenters. The van der Waals surface area contributed by atoms with Crippen molar-refractivity contribution in [2.45, 2.75) is 59.3 Å². The summed E-state index contributed by atoms with van der Waals surface area (Å²) in [7, 11) is 0. The van der Waals surface area contributed by atoms with Gasteiger partial charge in [0.15, 0.2) is 0 Å². The summed E-state index contributed by atoms with van der Waals surface area (Å²) in [6, 6.07) is 4.48.